The Hall–Kier alpha value is -6.26. The van der Waals surface area contributed by atoms with Crippen LogP contribution in [0.1, 0.15) is 48.1 Å². The zero-order valence-electron chi connectivity index (χ0n) is 29.1. The van der Waals surface area contributed by atoms with Crippen molar-refractivity contribution >= 4 is 49.7 Å². The van der Waals surface area contributed by atoms with Gasteiger partial charge in [-0.05, 0) is 68.4 Å². The predicted molar refractivity (Wildman–Crippen MR) is 214 cm³/mol. The summed E-state index contributed by atoms with van der Waals surface area (Å²) in [6.45, 7) is 4.60. The van der Waals surface area contributed by atoms with E-state index >= 15 is 0 Å². The van der Waals surface area contributed by atoms with E-state index in [4.69, 9.17) is 19.9 Å². The van der Waals surface area contributed by atoms with Crippen molar-refractivity contribution in [2.45, 2.75) is 25.2 Å². The van der Waals surface area contributed by atoms with Crippen LogP contribution >= 0.6 is 0 Å². The van der Waals surface area contributed by atoms with Gasteiger partial charge in [-0.25, -0.2) is 15.0 Å². The van der Waals surface area contributed by atoms with Crippen LogP contribution in [0.15, 0.2) is 158 Å². The highest BCUT2D eigenvalue weighted by molar-refractivity contribution is 6.13. The third-order valence-electron chi connectivity index (χ3n) is 11.3. The van der Waals surface area contributed by atoms with Crippen molar-refractivity contribution in [3.63, 3.8) is 0 Å². The van der Waals surface area contributed by atoms with Crippen molar-refractivity contribution in [3.8, 4) is 11.4 Å². The van der Waals surface area contributed by atoms with Crippen molar-refractivity contribution in [3.05, 3.63) is 186 Å². The summed E-state index contributed by atoms with van der Waals surface area (Å²) >= 11 is 0. The zero-order valence-corrected chi connectivity index (χ0v) is 29.1. The number of fused-ring (bicyclic) bond motifs is 7. The fraction of sp³-hybridized carbons (Fsp3) is 0.125. The maximum absolute atomic E-state index is 5.38. The van der Waals surface area contributed by atoms with Crippen molar-refractivity contribution in [1.29, 1.82) is 0 Å². The highest BCUT2D eigenvalue weighted by atomic mass is 15.0. The first kappa shape index (κ1) is 30.6. The van der Waals surface area contributed by atoms with E-state index in [1.54, 1.807) is 0 Å². The minimum Gasteiger partial charge on any atom is -0.256 e. The fourth-order valence-electron chi connectivity index (χ4n) is 8.65. The van der Waals surface area contributed by atoms with Crippen LogP contribution in [0.2, 0.25) is 0 Å². The average molecular weight is 669 g/mol. The molecule has 7 aromatic rings. The molecule has 0 aliphatic heterocycles. The number of rotatable bonds is 4. The first-order valence-electron chi connectivity index (χ1n) is 18.1. The maximum Gasteiger partial charge on any atom is 0.164 e. The second-order valence-electron chi connectivity index (χ2n) is 14.5. The number of allylic oxidation sites excluding steroid dienone is 9. The number of hydrogen-bond acceptors (Lipinski definition) is 4. The number of hydrogen-bond donors (Lipinski definition) is 0. The van der Waals surface area contributed by atoms with E-state index in [0.717, 1.165) is 38.4 Å². The summed E-state index contributed by atoms with van der Waals surface area (Å²) in [5.41, 5.74) is 7.63. The molecule has 5 aromatic carbocycles. The van der Waals surface area contributed by atoms with Gasteiger partial charge in [0.1, 0.15) is 0 Å². The second kappa shape index (κ2) is 11.9. The van der Waals surface area contributed by atoms with Crippen LogP contribution in [-0.4, -0.2) is 19.9 Å². The van der Waals surface area contributed by atoms with Crippen molar-refractivity contribution in [1.82, 2.24) is 19.9 Å². The normalized spacial score (nSPS) is 21.9. The second-order valence-corrected chi connectivity index (χ2v) is 14.5. The molecule has 2 heterocycles. The van der Waals surface area contributed by atoms with E-state index in [2.05, 4.69) is 166 Å². The summed E-state index contributed by atoms with van der Waals surface area (Å²) in [4.78, 5) is 20.8. The number of benzene rings is 5. The Kier molecular flexibility index (Phi) is 7.00. The molecule has 0 bridgehead atoms. The Balaban J connectivity index is 1.16. The lowest BCUT2D eigenvalue weighted by Gasteiger charge is -2.41. The molecule has 4 atom stereocenters. The first-order valence-corrected chi connectivity index (χ1v) is 18.1. The lowest BCUT2D eigenvalue weighted by atomic mass is 9.62. The largest absolute Gasteiger partial charge is 0.256 e. The van der Waals surface area contributed by atoms with Gasteiger partial charge in [0.25, 0.3) is 0 Å². The van der Waals surface area contributed by atoms with Gasteiger partial charge in [-0.15, -0.1) is 0 Å². The molecule has 0 N–H and O–H groups in total. The van der Waals surface area contributed by atoms with E-state index in [0.29, 0.717) is 17.5 Å². The topological polar surface area (TPSA) is 51.6 Å². The Bertz CT molecular complexity index is 2750. The van der Waals surface area contributed by atoms with E-state index in [9.17, 15) is 0 Å². The number of aromatic nitrogens is 4. The molecule has 0 saturated carbocycles. The molecule has 0 radical (unpaired) electrons. The summed E-state index contributed by atoms with van der Waals surface area (Å²) in [6.07, 6.45) is 20.1. The zero-order chi connectivity index (χ0) is 34.8. The number of para-hydroxylation sites is 1. The third kappa shape index (κ3) is 4.90. The van der Waals surface area contributed by atoms with Crippen LogP contribution in [0.3, 0.4) is 0 Å². The SMILES string of the molecule is CC1C=C(c2nc(C3=Cc4ccccc4C4(C)C=CC=CC34)nc(-c3cc4ccccc4c4ccccc34)n2)C=CC1c1cnc2ccccc2c1. The molecule has 52 heavy (non-hydrogen) atoms. The molecule has 10 rings (SSSR count). The highest BCUT2D eigenvalue weighted by Gasteiger charge is 2.41. The summed E-state index contributed by atoms with van der Waals surface area (Å²) in [7, 11) is 0. The minimum atomic E-state index is -0.225. The first-order chi connectivity index (χ1) is 25.5. The molecule has 4 nitrogen and oxygen atoms in total. The molecule has 3 aliphatic rings. The molecular weight excluding hydrogens is 633 g/mol. The number of pyridine rings is 1. The fourth-order valence-corrected chi connectivity index (χ4v) is 8.65. The lowest BCUT2D eigenvalue weighted by Crippen LogP contribution is -2.34. The molecule has 248 valence electrons. The monoisotopic (exact) mass is 668 g/mol. The van der Waals surface area contributed by atoms with Gasteiger partial charge in [0.15, 0.2) is 17.5 Å². The standard InChI is InChI=1S/C48H36N4/c1-30-25-34(22-23-36(30)35-26-33-15-5-10-21-44(33)49-29-35)45-50-46(40-27-31-13-3-6-16-37(31)38-17-7-8-18-39(38)40)52-47(51-45)41-28-32-14-4-9-19-42(32)48(2)24-12-11-20-43(41)48/h3-30,36,43H,1-2H3. The summed E-state index contributed by atoms with van der Waals surface area (Å²) in [6, 6.07) is 38.7. The van der Waals surface area contributed by atoms with Crippen LogP contribution in [0.4, 0.5) is 0 Å². The van der Waals surface area contributed by atoms with Gasteiger partial charge in [0, 0.05) is 45.5 Å². The molecule has 0 amide bonds. The van der Waals surface area contributed by atoms with E-state index in [1.807, 2.05) is 12.3 Å². The quantitative estimate of drug-likeness (QED) is 0.175. The highest BCUT2D eigenvalue weighted by Crippen LogP contribution is 2.49. The van der Waals surface area contributed by atoms with Crippen LogP contribution in [0, 0.1) is 11.8 Å². The van der Waals surface area contributed by atoms with Gasteiger partial charge < -0.3 is 0 Å². The molecule has 4 heteroatoms. The van der Waals surface area contributed by atoms with Crippen LogP contribution in [-0.2, 0) is 5.41 Å². The van der Waals surface area contributed by atoms with Crippen molar-refractivity contribution < 1.29 is 0 Å². The molecule has 0 spiro atoms. The molecule has 0 fully saturated rings. The average Bonchev–Trinajstić information content (AvgIpc) is 3.20. The summed E-state index contributed by atoms with van der Waals surface area (Å²) in [5, 5.41) is 5.86. The molecule has 2 aromatic heterocycles. The van der Waals surface area contributed by atoms with Gasteiger partial charge in [-0.2, -0.15) is 0 Å². The van der Waals surface area contributed by atoms with Crippen LogP contribution < -0.4 is 0 Å². The Morgan fingerprint density at radius 2 is 1.38 bits per heavy atom. The van der Waals surface area contributed by atoms with E-state index in [-0.39, 0.29) is 23.2 Å². The van der Waals surface area contributed by atoms with E-state index < -0.39 is 0 Å². The maximum atomic E-state index is 5.38. The lowest BCUT2D eigenvalue weighted by molar-refractivity contribution is 0.503. The van der Waals surface area contributed by atoms with Gasteiger partial charge in [-0.1, -0.05) is 147 Å². The van der Waals surface area contributed by atoms with Gasteiger partial charge in [-0.3, -0.25) is 4.98 Å². The summed E-state index contributed by atoms with van der Waals surface area (Å²) < 4.78 is 0. The van der Waals surface area contributed by atoms with Crippen LogP contribution in [0.5, 0.6) is 0 Å². The molecular formula is C48H36N4. The van der Waals surface area contributed by atoms with E-state index in [1.165, 1.54) is 27.5 Å². The molecule has 4 unspecified atom stereocenters. The molecule has 0 saturated heterocycles. The Labute approximate surface area is 303 Å². The van der Waals surface area contributed by atoms with Crippen molar-refractivity contribution in [2.75, 3.05) is 0 Å². The molecule has 3 aliphatic carbocycles. The van der Waals surface area contributed by atoms with Crippen LogP contribution in [0.25, 0.3) is 61.1 Å². The smallest absolute Gasteiger partial charge is 0.164 e. The third-order valence-corrected chi connectivity index (χ3v) is 11.3. The van der Waals surface area contributed by atoms with Gasteiger partial charge in [0.05, 0.1) is 5.52 Å². The predicted octanol–water partition coefficient (Wildman–Crippen LogP) is 11.3. The van der Waals surface area contributed by atoms with Gasteiger partial charge >= 0.3 is 0 Å². The summed E-state index contributed by atoms with van der Waals surface area (Å²) in [5.74, 6) is 2.56. The number of nitrogens with zero attached hydrogens (tertiary/aromatic N) is 4. The Morgan fingerprint density at radius 3 is 2.27 bits per heavy atom. The Morgan fingerprint density at radius 1 is 0.654 bits per heavy atom. The van der Waals surface area contributed by atoms with Crippen molar-refractivity contribution in [2.24, 2.45) is 11.8 Å². The van der Waals surface area contributed by atoms with Gasteiger partial charge in [0.2, 0.25) is 0 Å². The minimum absolute atomic E-state index is 0.0726.